The number of carboxylic acid groups (broad SMARTS) is 1. The van der Waals surface area contributed by atoms with Crippen LogP contribution in [0.1, 0.15) is 41.6 Å². The van der Waals surface area contributed by atoms with Crippen LogP contribution in [0, 0.1) is 0 Å². The molecule has 0 aliphatic heterocycles. The Kier molecular flexibility index (Phi) is 5.09. The van der Waals surface area contributed by atoms with Gasteiger partial charge < -0.3 is 10.2 Å². The SMILES string of the molecule is C=C(C(=O)O)c1c(O)nc2cc(CCc3nc(C(C)C)cs3)ccn2c1=O. The number of aromatic hydroxyl groups is 1. The van der Waals surface area contributed by atoms with Crippen molar-refractivity contribution in [2.24, 2.45) is 0 Å². The average molecular weight is 385 g/mol. The van der Waals surface area contributed by atoms with Crippen LogP contribution in [0.4, 0.5) is 0 Å². The number of pyridine rings is 1. The number of thiazole rings is 1. The first-order valence-corrected chi connectivity index (χ1v) is 9.27. The summed E-state index contributed by atoms with van der Waals surface area (Å²) in [5.74, 6) is -1.62. The van der Waals surface area contributed by atoms with E-state index in [4.69, 9.17) is 5.11 Å². The number of nitrogens with zero attached hydrogens (tertiary/aromatic N) is 3. The molecular weight excluding hydrogens is 366 g/mol. The summed E-state index contributed by atoms with van der Waals surface area (Å²) in [5.41, 5.74) is 0.701. The minimum atomic E-state index is -1.38. The summed E-state index contributed by atoms with van der Waals surface area (Å²) in [6, 6.07) is 3.47. The van der Waals surface area contributed by atoms with Crippen LogP contribution in [0.25, 0.3) is 11.2 Å². The summed E-state index contributed by atoms with van der Waals surface area (Å²) in [7, 11) is 0. The standard InChI is InChI=1S/C19H19N3O4S/c1-10(2)13-9-27-15(20-13)5-4-12-6-7-22-14(8-12)21-17(23)16(18(22)24)11(3)19(25)26/h6-10,23H,3-5H2,1-2H3,(H,25,26). The Bertz CT molecular complexity index is 1100. The highest BCUT2D eigenvalue weighted by atomic mass is 32.1. The lowest BCUT2D eigenvalue weighted by Crippen LogP contribution is -2.21. The van der Waals surface area contributed by atoms with Crippen LogP contribution in [-0.2, 0) is 17.6 Å². The first-order chi connectivity index (χ1) is 12.8. The number of carbonyl (C=O) groups is 1. The molecule has 3 rings (SSSR count). The highest BCUT2D eigenvalue weighted by molar-refractivity contribution is 7.09. The van der Waals surface area contributed by atoms with Crippen molar-refractivity contribution in [2.45, 2.75) is 32.6 Å². The minimum absolute atomic E-state index is 0.249. The number of aromatic nitrogens is 3. The molecule has 0 atom stereocenters. The summed E-state index contributed by atoms with van der Waals surface area (Å²) in [5, 5.41) is 22.1. The van der Waals surface area contributed by atoms with Crippen LogP contribution < -0.4 is 5.56 Å². The van der Waals surface area contributed by atoms with Crippen molar-refractivity contribution >= 4 is 28.5 Å². The van der Waals surface area contributed by atoms with E-state index in [9.17, 15) is 14.7 Å². The number of aryl methyl sites for hydroxylation is 2. The molecule has 3 aromatic heterocycles. The molecule has 0 spiro atoms. The van der Waals surface area contributed by atoms with Crippen LogP contribution in [-0.4, -0.2) is 30.6 Å². The van der Waals surface area contributed by atoms with Gasteiger partial charge in [-0.3, -0.25) is 9.20 Å². The summed E-state index contributed by atoms with van der Waals surface area (Å²) in [6.45, 7) is 7.53. The highest BCUT2D eigenvalue weighted by Crippen LogP contribution is 2.21. The van der Waals surface area contributed by atoms with Gasteiger partial charge in [-0.1, -0.05) is 20.4 Å². The van der Waals surface area contributed by atoms with E-state index in [1.807, 2.05) is 0 Å². The van der Waals surface area contributed by atoms with E-state index in [1.165, 1.54) is 10.6 Å². The number of hydrogen-bond acceptors (Lipinski definition) is 6. The molecule has 0 bridgehead atoms. The second-order valence-corrected chi connectivity index (χ2v) is 7.43. The van der Waals surface area contributed by atoms with Gasteiger partial charge in [-0.05, 0) is 30.0 Å². The van der Waals surface area contributed by atoms with Crippen molar-refractivity contribution in [1.82, 2.24) is 14.4 Å². The Morgan fingerprint density at radius 2 is 2.07 bits per heavy atom. The minimum Gasteiger partial charge on any atom is -0.493 e. The zero-order chi connectivity index (χ0) is 19.7. The van der Waals surface area contributed by atoms with Crippen LogP contribution in [0.2, 0.25) is 0 Å². The highest BCUT2D eigenvalue weighted by Gasteiger charge is 2.19. The van der Waals surface area contributed by atoms with Gasteiger partial charge >= 0.3 is 5.97 Å². The van der Waals surface area contributed by atoms with Gasteiger partial charge in [-0.15, -0.1) is 11.3 Å². The molecule has 0 saturated heterocycles. The number of fused-ring (bicyclic) bond motifs is 1. The van der Waals surface area contributed by atoms with Crippen molar-refractivity contribution in [3.63, 3.8) is 0 Å². The average Bonchev–Trinajstić information content (AvgIpc) is 3.08. The van der Waals surface area contributed by atoms with Crippen molar-refractivity contribution < 1.29 is 15.0 Å². The summed E-state index contributed by atoms with van der Waals surface area (Å²) >= 11 is 1.63. The quantitative estimate of drug-likeness (QED) is 0.632. The summed E-state index contributed by atoms with van der Waals surface area (Å²) in [6.07, 6.45) is 3.00. The zero-order valence-corrected chi connectivity index (χ0v) is 15.8. The number of rotatable bonds is 6. The van der Waals surface area contributed by atoms with Gasteiger partial charge in [0.25, 0.3) is 5.56 Å². The van der Waals surface area contributed by atoms with Crippen molar-refractivity contribution in [2.75, 3.05) is 0 Å². The molecular formula is C19H19N3O4S. The summed E-state index contributed by atoms with van der Waals surface area (Å²) < 4.78 is 1.20. The normalized spacial score (nSPS) is 11.2. The second-order valence-electron chi connectivity index (χ2n) is 6.48. The summed E-state index contributed by atoms with van der Waals surface area (Å²) in [4.78, 5) is 32.1. The molecule has 8 heteroatoms. The van der Waals surface area contributed by atoms with Crippen LogP contribution in [0.5, 0.6) is 5.88 Å². The Labute approximate surface area is 159 Å². The van der Waals surface area contributed by atoms with E-state index in [2.05, 4.69) is 35.8 Å². The zero-order valence-electron chi connectivity index (χ0n) is 15.0. The maximum Gasteiger partial charge on any atom is 0.336 e. The molecule has 140 valence electrons. The fraction of sp³-hybridized carbons (Fsp3) is 0.263. The third kappa shape index (κ3) is 3.75. The molecule has 2 N–H and O–H groups in total. The predicted molar refractivity (Wildman–Crippen MR) is 103 cm³/mol. The van der Waals surface area contributed by atoms with Crippen LogP contribution in [0.15, 0.2) is 35.1 Å². The smallest absolute Gasteiger partial charge is 0.336 e. The van der Waals surface area contributed by atoms with E-state index in [1.54, 1.807) is 23.5 Å². The van der Waals surface area contributed by atoms with Gasteiger partial charge in [0.15, 0.2) is 0 Å². The topological polar surface area (TPSA) is 105 Å². The molecule has 3 heterocycles. The van der Waals surface area contributed by atoms with Gasteiger partial charge in [0, 0.05) is 18.0 Å². The van der Waals surface area contributed by atoms with Gasteiger partial charge in [-0.25, -0.2) is 9.78 Å². The molecule has 7 nitrogen and oxygen atoms in total. The van der Waals surface area contributed by atoms with E-state index in [0.29, 0.717) is 12.3 Å². The molecule has 0 amide bonds. The second kappa shape index (κ2) is 7.32. The molecule has 0 fully saturated rings. The first kappa shape index (κ1) is 18.8. The van der Waals surface area contributed by atoms with Crippen molar-refractivity contribution in [3.05, 3.63) is 62.5 Å². The van der Waals surface area contributed by atoms with Gasteiger partial charge in [0.2, 0.25) is 5.88 Å². The van der Waals surface area contributed by atoms with Gasteiger partial charge in [0.05, 0.1) is 16.3 Å². The van der Waals surface area contributed by atoms with Gasteiger partial charge in [-0.2, -0.15) is 4.98 Å². The molecule has 0 radical (unpaired) electrons. The number of hydrogen-bond donors (Lipinski definition) is 2. The molecule has 0 aliphatic rings. The maximum absolute atomic E-state index is 12.5. The van der Waals surface area contributed by atoms with Crippen LogP contribution >= 0.6 is 11.3 Å². The lowest BCUT2D eigenvalue weighted by atomic mass is 10.1. The molecule has 0 unspecified atom stereocenters. The van der Waals surface area contributed by atoms with Crippen molar-refractivity contribution in [3.8, 4) is 5.88 Å². The van der Waals surface area contributed by atoms with Crippen LogP contribution in [0.3, 0.4) is 0 Å². The molecule has 3 aromatic rings. The predicted octanol–water partition coefficient (Wildman–Crippen LogP) is 2.86. The molecule has 0 aliphatic carbocycles. The Morgan fingerprint density at radius 1 is 1.33 bits per heavy atom. The third-order valence-corrected chi connectivity index (χ3v) is 5.15. The lowest BCUT2D eigenvalue weighted by molar-refractivity contribution is -0.130. The fourth-order valence-electron chi connectivity index (χ4n) is 2.65. The van der Waals surface area contributed by atoms with Gasteiger partial charge in [0.1, 0.15) is 11.2 Å². The number of aliphatic carboxylic acids is 1. The van der Waals surface area contributed by atoms with E-state index >= 15 is 0 Å². The maximum atomic E-state index is 12.5. The van der Waals surface area contributed by atoms with E-state index in [0.717, 1.165) is 22.7 Å². The largest absolute Gasteiger partial charge is 0.493 e. The molecule has 27 heavy (non-hydrogen) atoms. The van der Waals surface area contributed by atoms with E-state index in [-0.39, 0.29) is 5.65 Å². The molecule has 0 saturated carbocycles. The number of carboxylic acids is 1. The Morgan fingerprint density at radius 3 is 2.70 bits per heavy atom. The van der Waals surface area contributed by atoms with E-state index < -0.39 is 28.5 Å². The molecule has 0 aromatic carbocycles. The lowest BCUT2D eigenvalue weighted by Gasteiger charge is -2.08. The fourth-order valence-corrected chi connectivity index (χ4v) is 3.61. The first-order valence-electron chi connectivity index (χ1n) is 8.39. The Hall–Kier alpha value is -3.00. The monoisotopic (exact) mass is 385 g/mol. The Balaban J connectivity index is 1.89. The van der Waals surface area contributed by atoms with Crippen molar-refractivity contribution in [1.29, 1.82) is 0 Å². The third-order valence-electron chi connectivity index (χ3n) is 4.22.